The number of nitrogens with zero attached hydrogens (tertiary/aromatic N) is 1. The average molecular weight is 622 g/mol. The van der Waals surface area contributed by atoms with Crippen molar-refractivity contribution in [1.29, 1.82) is 0 Å². The number of anilines is 2. The molecule has 6 aromatic carbocycles. The van der Waals surface area contributed by atoms with Gasteiger partial charge in [-0.3, -0.25) is 0 Å². The van der Waals surface area contributed by atoms with Crippen LogP contribution in [0.15, 0.2) is 115 Å². The predicted octanol–water partition coefficient (Wildman–Crippen LogP) is 8.98. The molecule has 7 heteroatoms. The Hall–Kier alpha value is -6.08. The number of nitrogen functional groups attached to an aromatic ring is 2. The largest absolute Gasteiger partial charge is 0.497 e. The van der Waals surface area contributed by atoms with Crippen LogP contribution in [-0.4, -0.2) is 33.0 Å². The van der Waals surface area contributed by atoms with Crippen LogP contribution in [0.2, 0.25) is 0 Å². The number of aromatic nitrogens is 1. The van der Waals surface area contributed by atoms with Gasteiger partial charge in [-0.2, -0.15) is 0 Å². The molecule has 7 aromatic rings. The zero-order chi connectivity index (χ0) is 32.7. The zero-order valence-corrected chi connectivity index (χ0v) is 26.7. The van der Waals surface area contributed by atoms with Gasteiger partial charge in [0.15, 0.2) is 0 Å². The number of fused-ring (bicyclic) bond motifs is 3. The molecule has 7 nitrogen and oxygen atoms in total. The smallest absolute Gasteiger partial charge is 0.119 e. The Kier molecular flexibility index (Phi) is 7.58. The number of rotatable bonds is 8. The van der Waals surface area contributed by atoms with Crippen molar-refractivity contribution in [1.82, 2.24) is 4.57 Å². The van der Waals surface area contributed by atoms with Gasteiger partial charge >= 0.3 is 0 Å². The van der Waals surface area contributed by atoms with Crippen LogP contribution in [0.3, 0.4) is 0 Å². The lowest BCUT2D eigenvalue weighted by atomic mass is 9.85. The molecule has 0 aliphatic heterocycles. The summed E-state index contributed by atoms with van der Waals surface area (Å²) in [5.41, 5.74) is 23.9. The summed E-state index contributed by atoms with van der Waals surface area (Å²) in [4.78, 5) is 0. The van der Waals surface area contributed by atoms with E-state index in [9.17, 15) is 0 Å². The lowest BCUT2D eigenvalue weighted by Crippen LogP contribution is -2.02. The van der Waals surface area contributed by atoms with E-state index in [2.05, 4.69) is 59.2 Å². The molecule has 0 saturated heterocycles. The molecular formula is C40H35N3O4. The minimum atomic E-state index is 0.648. The van der Waals surface area contributed by atoms with Crippen LogP contribution in [0.5, 0.6) is 23.0 Å². The highest BCUT2D eigenvalue weighted by atomic mass is 16.5. The second-order valence-corrected chi connectivity index (χ2v) is 11.3. The molecular weight excluding hydrogens is 586 g/mol. The van der Waals surface area contributed by atoms with Crippen molar-refractivity contribution in [3.63, 3.8) is 0 Å². The summed E-state index contributed by atoms with van der Waals surface area (Å²) in [6.45, 7) is 0. The van der Waals surface area contributed by atoms with E-state index in [1.165, 1.54) is 0 Å². The topological polar surface area (TPSA) is 93.9 Å². The Morgan fingerprint density at radius 3 is 1.36 bits per heavy atom. The van der Waals surface area contributed by atoms with Crippen LogP contribution in [0.1, 0.15) is 0 Å². The zero-order valence-electron chi connectivity index (χ0n) is 26.7. The highest BCUT2D eigenvalue weighted by molar-refractivity contribution is 6.26. The molecule has 7 rings (SSSR count). The molecule has 0 unspecified atom stereocenters. The minimum absolute atomic E-state index is 0.648. The first-order valence-electron chi connectivity index (χ1n) is 15.2. The van der Waals surface area contributed by atoms with Crippen molar-refractivity contribution in [2.75, 3.05) is 39.9 Å². The summed E-state index contributed by atoms with van der Waals surface area (Å²) in [5, 5.41) is 1.98. The summed E-state index contributed by atoms with van der Waals surface area (Å²) in [6, 6.07) is 38.3. The van der Waals surface area contributed by atoms with E-state index in [4.69, 9.17) is 30.4 Å². The number of methoxy groups -OCH3 is 4. The maximum atomic E-state index is 7.42. The maximum Gasteiger partial charge on any atom is 0.119 e. The normalized spacial score (nSPS) is 11.1. The number of hydrogen-bond donors (Lipinski definition) is 2. The molecule has 0 aliphatic carbocycles. The van der Waals surface area contributed by atoms with Crippen LogP contribution in [0, 0.1) is 0 Å². The predicted molar refractivity (Wildman–Crippen MR) is 192 cm³/mol. The Morgan fingerprint density at radius 2 is 0.894 bits per heavy atom. The molecule has 4 N–H and O–H groups in total. The van der Waals surface area contributed by atoms with Crippen molar-refractivity contribution in [3.8, 4) is 62.1 Å². The number of hydrogen-bond acceptors (Lipinski definition) is 6. The van der Waals surface area contributed by atoms with E-state index in [1.807, 2.05) is 60.7 Å². The summed E-state index contributed by atoms with van der Waals surface area (Å²) in [5.74, 6) is 3.06. The van der Waals surface area contributed by atoms with Crippen molar-refractivity contribution in [2.45, 2.75) is 0 Å². The van der Waals surface area contributed by atoms with Gasteiger partial charge in [0.05, 0.1) is 39.5 Å². The number of nitrogens with two attached hydrogens (primary N) is 2. The average Bonchev–Trinajstić information content (AvgIpc) is 3.45. The van der Waals surface area contributed by atoms with Gasteiger partial charge in [-0.1, -0.05) is 36.4 Å². The maximum absolute atomic E-state index is 7.42. The van der Waals surface area contributed by atoms with E-state index >= 15 is 0 Å². The molecule has 0 fully saturated rings. The van der Waals surface area contributed by atoms with Gasteiger partial charge in [-0.25, -0.2) is 0 Å². The third kappa shape index (κ3) is 5.02. The van der Waals surface area contributed by atoms with Crippen molar-refractivity contribution in [2.24, 2.45) is 0 Å². The first kappa shape index (κ1) is 29.6. The van der Waals surface area contributed by atoms with Crippen LogP contribution in [0.25, 0.3) is 60.9 Å². The summed E-state index contributed by atoms with van der Waals surface area (Å²) < 4.78 is 24.4. The molecule has 234 valence electrons. The van der Waals surface area contributed by atoms with Crippen LogP contribution in [-0.2, 0) is 0 Å². The standard InChI is InChI=1S/C40H35N3O4/c1-44-29-14-5-24(6-15-29)35-37(26-9-18-31(46-3)19-10-26)40-38(36(39(35)42)25-7-16-30(45-2)17-8-25)33-23-27(41)11-22-34(33)43(40)28-12-20-32(47-4)21-13-28/h5-23H,41-42H2,1-4H3. The molecule has 1 aromatic heterocycles. The van der Waals surface area contributed by atoms with E-state index < -0.39 is 0 Å². The quantitative estimate of drug-likeness (QED) is 0.165. The van der Waals surface area contributed by atoms with E-state index in [0.29, 0.717) is 11.4 Å². The second-order valence-electron chi connectivity index (χ2n) is 11.3. The molecule has 0 amide bonds. The first-order chi connectivity index (χ1) is 22.9. The summed E-state index contributed by atoms with van der Waals surface area (Å²) in [6.07, 6.45) is 0. The van der Waals surface area contributed by atoms with E-state index in [1.54, 1.807) is 28.4 Å². The van der Waals surface area contributed by atoms with Crippen LogP contribution in [0.4, 0.5) is 11.4 Å². The fourth-order valence-electron chi connectivity index (χ4n) is 6.46. The van der Waals surface area contributed by atoms with Gasteiger partial charge in [0, 0.05) is 44.5 Å². The van der Waals surface area contributed by atoms with Gasteiger partial charge in [0.1, 0.15) is 23.0 Å². The third-order valence-electron chi connectivity index (χ3n) is 8.73. The summed E-state index contributed by atoms with van der Waals surface area (Å²) >= 11 is 0. The van der Waals surface area contributed by atoms with Gasteiger partial charge in [-0.15, -0.1) is 0 Å². The third-order valence-corrected chi connectivity index (χ3v) is 8.73. The highest BCUT2D eigenvalue weighted by Crippen LogP contribution is 2.52. The lowest BCUT2D eigenvalue weighted by Gasteiger charge is -2.22. The Morgan fingerprint density at radius 1 is 0.468 bits per heavy atom. The molecule has 0 radical (unpaired) electrons. The fraction of sp³-hybridized carbons (Fsp3) is 0.100. The SMILES string of the molecule is COc1ccc(-c2c(N)c(-c3ccc(OC)cc3)c3c4cc(N)ccc4n(-c4ccc(OC)cc4)c3c2-c2ccc(OC)cc2)cc1. The second kappa shape index (κ2) is 12.0. The highest BCUT2D eigenvalue weighted by Gasteiger charge is 2.27. The van der Waals surface area contributed by atoms with E-state index in [-0.39, 0.29) is 0 Å². The molecule has 1 heterocycles. The Labute approximate surface area is 273 Å². The van der Waals surface area contributed by atoms with Crippen molar-refractivity contribution in [3.05, 3.63) is 115 Å². The first-order valence-corrected chi connectivity index (χ1v) is 15.2. The Balaban J connectivity index is 1.74. The van der Waals surface area contributed by atoms with Gasteiger partial charge in [0.25, 0.3) is 0 Å². The van der Waals surface area contributed by atoms with Gasteiger partial charge in [0.2, 0.25) is 0 Å². The fourth-order valence-corrected chi connectivity index (χ4v) is 6.46. The molecule has 0 atom stereocenters. The number of benzene rings is 6. The number of ether oxygens (including phenoxy) is 4. The van der Waals surface area contributed by atoms with Crippen LogP contribution >= 0.6 is 0 Å². The van der Waals surface area contributed by atoms with E-state index in [0.717, 1.165) is 83.9 Å². The summed E-state index contributed by atoms with van der Waals surface area (Å²) in [7, 11) is 6.67. The Bertz CT molecular complexity index is 2220. The monoisotopic (exact) mass is 621 g/mol. The molecule has 47 heavy (non-hydrogen) atoms. The van der Waals surface area contributed by atoms with Crippen molar-refractivity contribution >= 4 is 33.2 Å². The van der Waals surface area contributed by atoms with Gasteiger partial charge < -0.3 is 35.0 Å². The van der Waals surface area contributed by atoms with Gasteiger partial charge in [-0.05, 0) is 95.6 Å². The lowest BCUT2D eigenvalue weighted by molar-refractivity contribution is 0.414. The van der Waals surface area contributed by atoms with Crippen molar-refractivity contribution < 1.29 is 18.9 Å². The molecule has 0 saturated carbocycles. The molecule has 0 spiro atoms. The minimum Gasteiger partial charge on any atom is -0.497 e. The van der Waals surface area contributed by atoms with Crippen LogP contribution < -0.4 is 30.4 Å². The molecule has 0 bridgehead atoms. The molecule has 0 aliphatic rings.